The number of esters is 1. The molecule has 0 bridgehead atoms. The number of carbonyl (C=O) groups is 1. The lowest BCUT2D eigenvalue weighted by atomic mass is 9.94. The van der Waals surface area contributed by atoms with Gasteiger partial charge in [-0.05, 0) is 26.7 Å². The highest BCUT2D eigenvalue weighted by molar-refractivity contribution is 5.79. The van der Waals surface area contributed by atoms with E-state index in [9.17, 15) is 4.79 Å². The van der Waals surface area contributed by atoms with Gasteiger partial charge in [-0.25, -0.2) is 0 Å². The summed E-state index contributed by atoms with van der Waals surface area (Å²) < 4.78 is 10.0. The van der Waals surface area contributed by atoms with Crippen LogP contribution in [0.1, 0.15) is 26.7 Å². The minimum atomic E-state index is -0.917. The molecule has 100 valence electrons. The molecule has 0 radical (unpaired) electrons. The van der Waals surface area contributed by atoms with Crippen LogP contribution in [0.2, 0.25) is 0 Å². The summed E-state index contributed by atoms with van der Waals surface area (Å²) in [4.78, 5) is 13.8. The molecular formula is C12H24N2O3. The van der Waals surface area contributed by atoms with Gasteiger partial charge in [0.05, 0.1) is 13.2 Å². The Morgan fingerprint density at radius 3 is 2.71 bits per heavy atom. The molecule has 3 unspecified atom stereocenters. The number of rotatable bonds is 5. The van der Waals surface area contributed by atoms with Gasteiger partial charge >= 0.3 is 5.97 Å². The maximum atomic E-state index is 11.5. The summed E-state index contributed by atoms with van der Waals surface area (Å²) >= 11 is 0. The molecule has 5 nitrogen and oxygen atoms in total. The van der Waals surface area contributed by atoms with Crippen molar-refractivity contribution in [2.45, 2.75) is 44.4 Å². The van der Waals surface area contributed by atoms with Gasteiger partial charge in [0, 0.05) is 26.2 Å². The average molecular weight is 244 g/mol. The third-order valence-corrected chi connectivity index (χ3v) is 3.50. The van der Waals surface area contributed by atoms with Crippen LogP contribution in [0.5, 0.6) is 0 Å². The van der Waals surface area contributed by atoms with Gasteiger partial charge in [-0.3, -0.25) is 9.69 Å². The summed E-state index contributed by atoms with van der Waals surface area (Å²) in [6, 6.07) is 0.254. The minimum Gasteiger partial charge on any atom is -0.468 e. The molecule has 1 saturated heterocycles. The first-order valence-electron chi connectivity index (χ1n) is 6.05. The summed E-state index contributed by atoms with van der Waals surface area (Å²) in [6.07, 6.45) is 1.94. The Morgan fingerprint density at radius 1 is 1.59 bits per heavy atom. The molecule has 0 spiro atoms. The predicted molar refractivity (Wildman–Crippen MR) is 65.7 cm³/mol. The number of nitrogens with two attached hydrogens (primary N) is 1. The summed E-state index contributed by atoms with van der Waals surface area (Å²) in [5.74, 6) is -0.355. The monoisotopic (exact) mass is 244 g/mol. The Hall–Kier alpha value is -0.650. The highest BCUT2D eigenvalue weighted by Crippen LogP contribution is 2.20. The zero-order valence-corrected chi connectivity index (χ0v) is 11.2. The van der Waals surface area contributed by atoms with Gasteiger partial charge in [-0.2, -0.15) is 0 Å². The summed E-state index contributed by atoms with van der Waals surface area (Å²) in [7, 11) is 3.11. The molecule has 5 heteroatoms. The number of hydrogen-bond donors (Lipinski definition) is 1. The van der Waals surface area contributed by atoms with Crippen molar-refractivity contribution in [2.24, 2.45) is 5.73 Å². The molecule has 0 aromatic rings. The Labute approximate surface area is 103 Å². The molecule has 1 aliphatic rings. The van der Waals surface area contributed by atoms with E-state index in [1.54, 1.807) is 14.0 Å². The van der Waals surface area contributed by atoms with Crippen molar-refractivity contribution in [3.8, 4) is 0 Å². The first-order chi connectivity index (χ1) is 7.90. The van der Waals surface area contributed by atoms with Gasteiger partial charge in [-0.15, -0.1) is 0 Å². The molecule has 3 atom stereocenters. The van der Waals surface area contributed by atoms with Crippen LogP contribution in [-0.2, 0) is 14.3 Å². The molecule has 17 heavy (non-hydrogen) atoms. The van der Waals surface area contributed by atoms with Crippen molar-refractivity contribution in [1.82, 2.24) is 4.90 Å². The zero-order valence-electron chi connectivity index (χ0n) is 11.2. The van der Waals surface area contributed by atoms with Gasteiger partial charge in [0.25, 0.3) is 0 Å². The molecule has 0 amide bonds. The van der Waals surface area contributed by atoms with Crippen LogP contribution in [0, 0.1) is 0 Å². The van der Waals surface area contributed by atoms with Crippen molar-refractivity contribution in [1.29, 1.82) is 0 Å². The standard InChI is InChI=1S/C12H24N2O3/c1-9(7-12(2,13)11(15)17-4)14-6-5-10(8-14)16-3/h9-10H,5-8,13H2,1-4H3. The molecule has 0 aliphatic carbocycles. The molecule has 0 saturated carbocycles. The van der Waals surface area contributed by atoms with E-state index in [-0.39, 0.29) is 12.0 Å². The Morgan fingerprint density at radius 2 is 2.24 bits per heavy atom. The molecular weight excluding hydrogens is 220 g/mol. The third-order valence-electron chi connectivity index (χ3n) is 3.50. The fraction of sp³-hybridized carbons (Fsp3) is 0.917. The van der Waals surface area contributed by atoms with E-state index in [1.165, 1.54) is 7.11 Å². The molecule has 2 N–H and O–H groups in total. The van der Waals surface area contributed by atoms with E-state index in [0.717, 1.165) is 19.5 Å². The zero-order chi connectivity index (χ0) is 13.1. The van der Waals surface area contributed by atoms with E-state index in [0.29, 0.717) is 12.5 Å². The predicted octanol–water partition coefficient (Wildman–Crippen LogP) is 0.376. The van der Waals surface area contributed by atoms with Crippen LogP contribution in [0.3, 0.4) is 0 Å². The van der Waals surface area contributed by atoms with Crippen molar-refractivity contribution < 1.29 is 14.3 Å². The summed E-state index contributed by atoms with van der Waals surface area (Å²) in [5.41, 5.74) is 5.06. The smallest absolute Gasteiger partial charge is 0.325 e. The minimum absolute atomic E-state index is 0.254. The average Bonchev–Trinajstić information content (AvgIpc) is 2.75. The SMILES string of the molecule is COC(=O)C(C)(N)CC(C)N1CCC(OC)C1. The summed E-state index contributed by atoms with van der Waals surface area (Å²) in [5, 5.41) is 0. The molecule has 0 aromatic carbocycles. The fourth-order valence-electron chi connectivity index (χ4n) is 2.41. The molecule has 0 aromatic heterocycles. The molecule has 1 heterocycles. The largest absolute Gasteiger partial charge is 0.468 e. The Bertz CT molecular complexity index is 268. The van der Waals surface area contributed by atoms with Gasteiger partial charge in [-0.1, -0.05) is 0 Å². The number of carbonyl (C=O) groups excluding carboxylic acids is 1. The van der Waals surface area contributed by atoms with Crippen LogP contribution >= 0.6 is 0 Å². The number of hydrogen-bond acceptors (Lipinski definition) is 5. The van der Waals surface area contributed by atoms with E-state index in [1.807, 2.05) is 0 Å². The molecule has 1 rings (SSSR count). The normalized spacial score (nSPS) is 26.5. The molecule has 1 aliphatic heterocycles. The van der Waals surface area contributed by atoms with Crippen molar-refractivity contribution >= 4 is 5.97 Å². The molecule has 1 fully saturated rings. The number of likely N-dealkylation sites (tertiary alicyclic amines) is 1. The lowest BCUT2D eigenvalue weighted by Crippen LogP contribution is -2.50. The first-order valence-corrected chi connectivity index (χ1v) is 6.05. The van der Waals surface area contributed by atoms with Gasteiger partial charge < -0.3 is 15.2 Å². The van der Waals surface area contributed by atoms with Crippen LogP contribution in [0.4, 0.5) is 0 Å². The maximum absolute atomic E-state index is 11.5. The second-order valence-corrected chi connectivity index (χ2v) is 5.10. The number of nitrogens with zero attached hydrogens (tertiary/aromatic N) is 1. The fourth-order valence-corrected chi connectivity index (χ4v) is 2.41. The first kappa shape index (κ1) is 14.4. The second kappa shape index (κ2) is 5.80. The van der Waals surface area contributed by atoms with Crippen molar-refractivity contribution in [3.05, 3.63) is 0 Å². The van der Waals surface area contributed by atoms with E-state index in [2.05, 4.69) is 11.8 Å². The maximum Gasteiger partial charge on any atom is 0.325 e. The quantitative estimate of drug-likeness (QED) is 0.708. The van der Waals surface area contributed by atoms with Gasteiger partial charge in [0.1, 0.15) is 5.54 Å². The van der Waals surface area contributed by atoms with E-state index >= 15 is 0 Å². The highest BCUT2D eigenvalue weighted by atomic mass is 16.5. The topological polar surface area (TPSA) is 64.8 Å². The Kier molecular flexibility index (Phi) is 4.91. The van der Waals surface area contributed by atoms with Crippen molar-refractivity contribution in [3.63, 3.8) is 0 Å². The third kappa shape index (κ3) is 3.66. The second-order valence-electron chi connectivity index (χ2n) is 5.10. The van der Waals surface area contributed by atoms with Gasteiger partial charge in [0.2, 0.25) is 0 Å². The lowest BCUT2D eigenvalue weighted by molar-refractivity contribution is -0.147. The van der Waals surface area contributed by atoms with Crippen LogP contribution < -0.4 is 5.73 Å². The number of ether oxygens (including phenoxy) is 2. The lowest BCUT2D eigenvalue weighted by Gasteiger charge is -2.30. The highest BCUT2D eigenvalue weighted by Gasteiger charge is 2.35. The van der Waals surface area contributed by atoms with Gasteiger partial charge in [0.15, 0.2) is 0 Å². The van der Waals surface area contributed by atoms with Crippen LogP contribution in [0.25, 0.3) is 0 Å². The Balaban J connectivity index is 2.49. The van der Waals surface area contributed by atoms with Crippen LogP contribution in [-0.4, -0.2) is 55.9 Å². The van der Waals surface area contributed by atoms with Crippen LogP contribution in [0.15, 0.2) is 0 Å². The van der Waals surface area contributed by atoms with Crippen molar-refractivity contribution in [2.75, 3.05) is 27.3 Å². The number of methoxy groups -OCH3 is 2. The van der Waals surface area contributed by atoms with E-state index in [4.69, 9.17) is 15.2 Å². The van der Waals surface area contributed by atoms with E-state index < -0.39 is 5.54 Å². The summed E-state index contributed by atoms with van der Waals surface area (Å²) in [6.45, 7) is 5.72.